The van der Waals surface area contributed by atoms with Gasteiger partial charge in [-0.1, -0.05) is 82.7 Å². The Morgan fingerprint density at radius 2 is 1.56 bits per heavy atom. The Kier molecular flexibility index (Phi) is 15.3. The van der Waals surface area contributed by atoms with Crippen LogP contribution in [0.5, 0.6) is 0 Å². The van der Waals surface area contributed by atoms with E-state index in [0.29, 0.717) is 13.1 Å². The van der Waals surface area contributed by atoms with Crippen molar-refractivity contribution in [2.75, 3.05) is 18.8 Å². The molecule has 0 aliphatic heterocycles. The van der Waals surface area contributed by atoms with Gasteiger partial charge in [0.1, 0.15) is 17.7 Å². The van der Waals surface area contributed by atoms with E-state index in [1.54, 1.807) is 25.7 Å². The SMILES string of the molecule is CCCCCCCCN(C(=O)C(CS)NC(=O)OC(C)(C)C)C(C(=O)NCCCC)c1ccccc1. The van der Waals surface area contributed by atoms with Crippen LogP contribution in [-0.4, -0.2) is 53.3 Å². The smallest absolute Gasteiger partial charge is 0.408 e. The third-order valence-corrected chi connectivity index (χ3v) is 6.08. The molecule has 0 saturated heterocycles. The standard InChI is InChI=1S/C28H47N3O4S/c1-6-8-10-11-12-16-20-31(26(33)23(21-36)30-27(34)35-28(3,4)5)24(22-17-14-13-15-18-22)25(32)29-19-9-7-2/h13-15,17-18,23-24,36H,6-12,16,19-21H2,1-5H3,(H,29,32)(H,30,34). The molecule has 0 saturated carbocycles. The second-order valence-electron chi connectivity index (χ2n) is 10.1. The van der Waals surface area contributed by atoms with Gasteiger partial charge >= 0.3 is 6.09 Å². The lowest BCUT2D eigenvalue weighted by Gasteiger charge is -2.34. The molecule has 204 valence electrons. The fourth-order valence-electron chi connectivity index (χ4n) is 3.86. The first-order valence-electron chi connectivity index (χ1n) is 13.4. The fourth-order valence-corrected chi connectivity index (χ4v) is 4.11. The van der Waals surface area contributed by atoms with Crippen LogP contribution >= 0.6 is 12.6 Å². The van der Waals surface area contributed by atoms with E-state index in [4.69, 9.17) is 4.74 Å². The van der Waals surface area contributed by atoms with E-state index in [1.807, 2.05) is 30.3 Å². The van der Waals surface area contributed by atoms with Gasteiger partial charge < -0.3 is 20.3 Å². The Morgan fingerprint density at radius 3 is 2.14 bits per heavy atom. The minimum Gasteiger partial charge on any atom is -0.444 e. The molecule has 8 heteroatoms. The summed E-state index contributed by atoms with van der Waals surface area (Å²) in [6.07, 6.45) is 7.47. The van der Waals surface area contributed by atoms with Crippen molar-refractivity contribution in [1.29, 1.82) is 0 Å². The van der Waals surface area contributed by atoms with E-state index in [9.17, 15) is 14.4 Å². The summed E-state index contributed by atoms with van der Waals surface area (Å²) in [4.78, 5) is 41.3. The molecular formula is C28H47N3O4S. The normalized spacial score (nSPS) is 12.9. The van der Waals surface area contributed by atoms with Crippen LogP contribution in [0, 0.1) is 0 Å². The van der Waals surface area contributed by atoms with Crippen LogP contribution < -0.4 is 10.6 Å². The molecule has 3 amide bonds. The first kappa shape index (κ1) is 31.8. The Morgan fingerprint density at radius 1 is 0.944 bits per heavy atom. The van der Waals surface area contributed by atoms with E-state index in [2.05, 4.69) is 37.1 Å². The molecule has 0 spiro atoms. The lowest BCUT2D eigenvalue weighted by atomic mass is 10.0. The van der Waals surface area contributed by atoms with E-state index < -0.39 is 23.8 Å². The highest BCUT2D eigenvalue weighted by molar-refractivity contribution is 7.80. The monoisotopic (exact) mass is 521 g/mol. The molecule has 0 aliphatic rings. The number of rotatable bonds is 16. The predicted octanol–water partition coefficient (Wildman–Crippen LogP) is 5.66. The molecule has 0 fully saturated rings. The van der Waals surface area contributed by atoms with Gasteiger partial charge in [-0.2, -0.15) is 12.6 Å². The van der Waals surface area contributed by atoms with Crippen molar-refractivity contribution in [2.24, 2.45) is 0 Å². The highest BCUT2D eigenvalue weighted by atomic mass is 32.1. The Labute approximate surface area is 223 Å². The average Bonchev–Trinajstić information content (AvgIpc) is 2.83. The van der Waals surface area contributed by atoms with E-state index in [1.165, 1.54) is 12.8 Å². The van der Waals surface area contributed by atoms with Crippen molar-refractivity contribution >= 4 is 30.5 Å². The van der Waals surface area contributed by atoms with Crippen molar-refractivity contribution in [3.63, 3.8) is 0 Å². The number of carbonyl (C=O) groups excluding carboxylic acids is 3. The van der Waals surface area contributed by atoms with Crippen molar-refractivity contribution in [2.45, 2.75) is 104 Å². The van der Waals surface area contributed by atoms with Gasteiger partial charge in [-0.05, 0) is 39.2 Å². The number of thiol groups is 1. The second kappa shape index (κ2) is 17.3. The van der Waals surface area contributed by atoms with E-state index in [0.717, 1.165) is 44.1 Å². The summed E-state index contributed by atoms with van der Waals surface area (Å²) in [5.41, 5.74) is 0.0408. The Hall–Kier alpha value is -2.22. The zero-order chi connectivity index (χ0) is 27.0. The minimum atomic E-state index is -0.919. The molecule has 1 rings (SSSR count). The number of nitrogens with one attached hydrogen (secondary N) is 2. The van der Waals surface area contributed by atoms with E-state index >= 15 is 0 Å². The zero-order valence-electron chi connectivity index (χ0n) is 22.8. The number of carbonyl (C=O) groups is 3. The maximum atomic E-state index is 13.8. The summed E-state index contributed by atoms with van der Waals surface area (Å²) >= 11 is 4.34. The predicted molar refractivity (Wildman–Crippen MR) is 149 cm³/mol. The number of unbranched alkanes of at least 4 members (excludes halogenated alkanes) is 6. The highest BCUT2D eigenvalue weighted by Crippen LogP contribution is 2.24. The molecule has 2 atom stereocenters. The van der Waals surface area contributed by atoms with Gasteiger partial charge in [0.05, 0.1) is 0 Å². The minimum absolute atomic E-state index is 0.0873. The van der Waals surface area contributed by atoms with Crippen molar-refractivity contribution in [3.8, 4) is 0 Å². The quantitative estimate of drug-likeness (QED) is 0.194. The maximum Gasteiger partial charge on any atom is 0.408 e. The van der Waals surface area contributed by atoms with Gasteiger partial charge in [-0.3, -0.25) is 9.59 Å². The number of hydrogen-bond donors (Lipinski definition) is 3. The van der Waals surface area contributed by atoms with Crippen LogP contribution in [0.2, 0.25) is 0 Å². The van der Waals surface area contributed by atoms with Crippen LogP contribution in [-0.2, 0) is 14.3 Å². The number of benzene rings is 1. The Bertz CT molecular complexity index is 783. The average molecular weight is 522 g/mol. The van der Waals surface area contributed by atoms with Gasteiger partial charge in [0.2, 0.25) is 11.8 Å². The zero-order valence-corrected chi connectivity index (χ0v) is 23.7. The number of amides is 3. The summed E-state index contributed by atoms with van der Waals surface area (Å²) in [5, 5.41) is 5.66. The first-order chi connectivity index (χ1) is 17.1. The topological polar surface area (TPSA) is 87.7 Å². The van der Waals surface area contributed by atoms with Gasteiger partial charge in [0.15, 0.2) is 0 Å². The maximum absolute atomic E-state index is 13.8. The molecule has 2 N–H and O–H groups in total. The molecule has 1 aromatic rings. The lowest BCUT2D eigenvalue weighted by Crippen LogP contribution is -2.54. The van der Waals surface area contributed by atoms with Crippen LogP contribution in [0.3, 0.4) is 0 Å². The number of alkyl carbamates (subject to hydrolysis) is 1. The van der Waals surface area contributed by atoms with Crippen LogP contribution in [0.25, 0.3) is 0 Å². The van der Waals surface area contributed by atoms with Gasteiger partial charge in [0.25, 0.3) is 0 Å². The largest absolute Gasteiger partial charge is 0.444 e. The number of hydrogen-bond acceptors (Lipinski definition) is 5. The van der Waals surface area contributed by atoms with Crippen molar-refractivity contribution < 1.29 is 19.1 Å². The third kappa shape index (κ3) is 12.2. The molecule has 0 aliphatic carbocycles. The molecule has 0 radical (unpaired) electrons. The van der Waals surface area contributed by atoms with Gasteiger partial charge in [0, 0.05) is 18.8 Å². The second-order valence-corrected chi connectivity index (χ2v) is 10.5. The lowest BCUT2D eigenvalue weighted by molar-refractivity contribution is -0.142. The fraction of sp³-hybridized carbons (Fsp3) is 0.679. The first-order valence-corrected chi connectivity index (χ1v) is 14.0. The third-order valence-electron chi connectivity index (χ3n) is 5.71. The molecule has 36 heavy (non-hydrogen) atoms. The molecule has 7 nitrogen and oxygen atoms in total. The van der Waals surface area contributed by atoms with Crippen LogP contribution in [0.1, 0.15) is 97.6 Å². The van der Waals surface area contributed by atoms with Crippen molar-refractivity contribution in [3.05, 3.63) is 35.9 Å². The van der Waals surface area contributed by atoms with Crippen LogP contribution in [0.4, 0.5) is 4.79 Å². The van der Waals surface area contributed by atoms with Crippen molar-refractivity contribution in [1.82, 2.24) is 15.5 Å². The summed E-state index contributed by atoms with van der Waals surface area (Å²) in [6, 6.07) is 7.63. The van der Waals surface area contributed by atoms with Crippen LogP contribution in [0.15, 0.2) is 30.3 Å². The molecule has 0 heterocycles. The number of ether oxygens (including phenoxy) is 1. The molecular weight excluding hydrogens is 474 g/mol. The summed E-state index contributed by atoms with van der Waals surface area (Å²) in [5.74, 6) is -0.475. The summed E-state index contributed by atoms with van der Waals surface area (Å²) in [7, 11) is 0. The van der Waals surface area contributed by atoms with Gasteiger partial charge in [-0.25, -0.2) is 4.79 Å². The number of nitrogens with zero attached hydrogens (tertiary/aromatic N) is 1. The molecule has 0 bridgehead atoms. The molecule has 2 unspecified atom stereocenters. The highest BCUT2D eigenvalue weighted by Gasteiger charge is 2.35. The summed E-state index contributed by atoms with van der Waals surface area (Å²) < 4.78 is 5.36. The van der Waals surface area contributed by atoms with E-state index in [-0.39, 0.29) is 17.6 Å². The molecule has 1 aromatic carbocycles. The molecule has 0 aromatic heterocycles. The van der Waals surface area contributed by atoms with Gasteiger partial charge in [-0.15, -0.1) is 0 Å². The summed E-state index contributed by atoms with van der Waals surface area (Å²) in [6.45, 7) is 10.5. The Balaban J connectivity index is 3.21.